The zero-order chi connectivity index (χ0) is 28.6. The van der Waals surface area contributed by atoms with Gasteiger partial charge < -0.3 is 25.0 Å². The number of ether oxygens (including phenoxy) is 1. The first-order valence-corrected chi connectivity index (χ1v) is 13.6. The predicted octanol–water partition coefficient (Wildman–Crippen LogP) is 2.60. The second kappa shape index (κ2) is 14.1. The minimum Gasteiger partial charge on any atom is -0.447 e. The average molecular weight is 548 g/mol. The van der Waals surface area contributed by atoms with Crippen LogP contribution in [0.4, 0.5) is 13.6 Å². The Morgan fingerprint density at radius 2 is 1.95 bits per heavy atom. The molecule has 2 fully saturated rings. The van der Waals surface area contributed by atoms with Gasteiger partial charge in [0.15, 0.2) is 0 Å². The van der Waals surface area contributed by atoms with Gasteiger partial charge in [-0.15, -0.1) is 0 Å². The van der Waals surface area contributed by atoms with Gasteiger partial charge in [0.25, 0.3) is 0 Å². The van der Waals surface area contributed by atoms with Gasteiger partial charge in [0.1, 0.15) is 24.5 Å². The number of likely N-dealkylation sites (tertiary alicyclic amines) is 2. The Kier molecular flexibility index (Phi) is 11.1. The molecule has 214 valence electrons. The van der Waals surface area contributed by atoms with Gasteiger partial charge in [-0.05, 0) is 76.5 Å². The molecule has 0 saturated carbocycles. The summed E-state index contributed by atoms with van der Waals surface area (Å²) in [6.45, 7) is 5.39. The van der Waals surface area contributed by atoms with E-state index in [0.717, 1.165) is 12.8 Å². The van der Waals surface area contributed by atoms with Crippen LogP contribution in [0.15, 0.2) is 24.3 Å². The molecule has 0 bridgehead atoms. The number of piperidine rings is 1. The Morgan fingerprint density at radius 3 is 2.56 bits per heavy atom. The Balaban J connectivity index is 1.54. The van der Waals surface area contributed by atoms with Crippen molar-refractivity contribution in [1.29, 1.82) is 5.26 Å². The number of alkyl halides is 1. The lowest BCUT2D eigenvalue weighted by Gasteiger charge is -2.38. The Hall–Kier alpha value is -2.75. The second-order valence-corrected chi connectivity index (χ2v) is 11.1. The van der Waals surface area contributed by atoms with E-state index in [-0.39, 0.29) is 24.5 Å². The largest absolute Gasteiger partial charge is 0.475 e. The fourth-order valence-electron chi connectivity index (χ4n) is 5.30. The summed E-state index contributed by atoms with van der Waals surface area (Å²) in [5, 5.41) is 31.6. The third-order valence-corrected chi connectivity index (χ3v) is 7.83. The predicted molar refractivity (Wildman–Crippen MR) is 141 cm³/mol. The van der Waals surface area contributed by atoms with Gasteiger partial charge in [-0.25, -0.2) is 13.6 Å². The maximum Gasteiger partial charge on any atom is 0.475 e. The molecule has 2 aliphatic heterocycles. The molecule has 1 aromatic rings. The van der Waals surface area contributed by atoms with Gasteiger partial charge in [-0.3, -0.25) is 9.69 Å². The van der Waals surface area contributed by atoms with E-state index >= 15 is 0 Å². The molecule has 0 aromatic heterocycles. The normalized spacial score (nSPS) is 21.6. The van der Waals surface area contributed by atoms with Crippen molar-refractivity contribution in [3.05, 3.63) is 35.6 Å². The van der Waals surface area contributed by atoms with E-state index in [1.54, 1.807) is 4.90 Å². The van der Waals surface area contributed by atoms with Crippen molar-refractivity contribution in [3.8, 4) is 6.07 Å². The van der Waals surface area contributed by atoms with E-state index in [4.69, 9.17) is 4.74 Å². The number of rotatable bonds is 11. The van der Waals surface area contributed by atoms with E-state index < -0.39 is 43.1 Å². The van der Waals surface area contributed by atoms with Crippen LogP contribution in [0.25, 0.3) is 0 Å². The summed E-state index contributed by atoms with van der Waals surface area (Å²) in [4.78, 5) is 29.5. The topological polar surface area (TPSA) is 126 Å². The fraction of sp³-hybridized carbons (Fsp3) is 0.667. The molecule has 2 saturated heterocycles. The quantitative estimate of drug-likeness (QED) is 0.363. The smallest absolute Gasteiger partial charge is 0.447 e. The van der Waals surface area contributed by atoms with Gasteiger partial charge in [-0.1, -0.05) is 12.1 Å². The van der Waals surface area contributed by atoms with Crippen LogP contribution >= 0.6 is 0 Å². The van der Waals surface area contributed by atoms with Crippen molar-refractivity contribution in [2.24, 2.45) is 5.92 Å². The molecule has 0 aliphatic carbocycles. The zero-order valence-electron chi connectivity index (χ0n) is 22.7. The number of nitrogens with one attached hydrogen (secondary N) is 1. The minimum absolute atomic E-state index is 0.0463. The first-order valence-electron chi connectivity index (χ1n) is 13.6. The molecule has 9 nitrogen and oxygen atoms in total. The molecule has 2 aliphatic rings. The lowest BCUT2D eigenvalue weighted by Crippen LogP contribution is -2.51. The number of benzene rings is 1. The number of hydrogen-bond acceptors (Lipinski definition) is 7. The van der Waals surface area contributed by atoms with E-state index in [1.807, 2.05) is 13.8 Å². The Bertz CT molecular complexity index is 1010. The highest BCUT2D eigenvalue weighted by molar-refractivity contribution is 6.43. The zero-order valence-corrected chi connectivity index (χ0v) is 22.7. The Labute approximate surface area is 229 Å². The van der Waals surface area contributed by atoms with Crippen LogP contribution in [0.2, 0.25) is 0 Å². The highest BCUT2D eigenvalue weighted by atomic mass is 19.1. The molecule has 3 N–H and O–H groups in total. The van der Waals surface area contributed by atoms with E-state index in [1.165, 1.54) is 24.3 Å². The molecule has 2 heterocycles. The molecule has 0 spiro atoms. The molecular formula is C27H39BF2N4O5. The second-order valence-electron chi connectivity index (χ2n) is 11.1. The van der Waals surface area contributed by atoms with E-state index in [0.29, 0.717) is 50.9 Å². The van der Waals surface area contributed by atoms with Crippen LogP contribution in [-0.2, 0) is 16.0 Å². The number of halogens is 2. The van der Waals surface area contributed by atoms with E-state index in [2.05, 4.69) is 16.3 Å². The summed E-state index contributed by atoms with van der Waals surface area (Å²) in [5.74, 6) is -2.66. The molecule has 39 heavy (non-hydrogen) atoms. The summed E-state index contributed by atoms with van der Waals surface area (Å²) < 4.78 is 32.2. The van der Waals surface area contributed by atoms with Crippen LogP contribution in [0.5, 0.6) is 0 Å². The highest BCUT2D eigenvalue weighted by Crippen LogP contribution is 2.29. The first-order chi connectivity index (χ1) is 18.5. The van der Waals surface area contributed by atoms with Crippen LogP contribution in [-0.4, -0.2) is 88.9 Å². The molecule has 4 atom stereocenters. The van der Waals surface area contributed by atoms with Crippen molar-refractivity contribution < 1.29 is 33.2 Å². The molecular weight excluding hydrogens is 509 g/mol. The summed E-state index contributed by atoms with van der Waals surface area (Å²) in [7, 11) is -1.87. The van der Waals surface area contributed by atoms with Gasteiger partial charge >= 0.3 is 13.2 Å². The van der Waals surface area contributed by atoms with Crippen LogP contribution in [0, 0.1) is 23.1 Å². The van der Waals surface area contributed by atoms with Gasteiger partial charge in [0, 0.05) is 25.2 Å². The number of carbonyl (C=O) groups excluding carboxylic acids is 2. The van der Waals surface area contributed by atoms with Crippen molar-refractivity contribution in [2.45, 2.75) is 82.5 Å². The molecule has 1 unspecified atom stereocenters. The SMILES string of the molecule is CC(C)(CCC(C#N)C(=O)N1CCCC[C@@H]1COC(=O)N[C@@H](Cc1ccc(F)cc1)B(O)O)N1CC[C@H](F)C1. The van der Waals surface area contributed by atoms with Crippen LogP contribution < -0.4 is 5.32 Å². The summed E-state index contributed by atoms with van der Waals surface area (Å²) >= 11 is 0. The minimum atomic E-state index is -1.87. The molecule has 0 radical (unpaired) electrons. The first kappa shape index (κ1) is 30.8. The lowest BCUT2D eigenvalue weighted by atomic mass is 9.76. The maximum atomic E-state index is 13.7. The maximum absolute atomic E-state index is 13.7. The van der Waals surface area contributed by atoms with E-state index in [9.17, 15) is 33.7 Å². The fourth-order valence-corrected chi connectivity index (χ4v) is 5.30. The number of nitrogens with zero attached hydrogens (tertiary/aromatic N) is 3. The van der Waals surface area contributed by atoms with Crippen molar-refractivity contribution in [3.63, 3.8) is 0 Å². The molecule has 12 heteroatoms. The van der Waals surface area contributed by atoms with Crippen molar-refractivity contribution in [2.75, 3.05) is 26.2 Å². The van der Waals surface area contributed by atoms with Crippen LogP contribution in [0.3, 0.4) is 0 Å². The highest BCUT2D eigenvalue weighted by Gasteiger charge is 2.37. The molecule has 2 amide bonds. The van der Waals surface area contributed by atoms with Crippen molar-refractivity contribution in [1.82, 2.24) is 15.1 Å². The number of hydrogen-bond donors (Lipinski definition) is 3. The lowest BCUT2D eigenvalue weighted by molar-refractivity contribution is -0.139. The number of alkyl carbamates (subject to hydrolysis) is 1. The van der Waals surface area contributed by atoms with Gasteiger partial charge in [0.2, 0.25) is 5.91 Å². The average Bonchev–Trinajstić information content (AvgIpc) is 3.36. The summed E-state index contributed by atoms with van der Waals surface area (Å²) in [5.41, 5.74) is 0.263. The number of amides is 2. The Morgan fingerprint density at radius 1 is 1.23 bits per heavy atom. The standard InChI is InChI=1S/C27H39BF2N4O5/c1-27(2,33-14-11-22(30)17-33)12-10-20(16-31)25(35)34-13-4-3-5-23(34)18-39-26(36)32-24(28(37)38)15-19-6-8-21(29)9-7-19/h6-9,20,22-24,37-38H,3-5,10-15,17-18H2,1-2H3,(H,32,36)/t20?,22-,23+,24-/m0/s1. The number of carbonyl (C=O) groups is 2. The summed E-state index contributed by atoms with van der Waals surface area (Å²) in [6.07, 6.45) is 1.97. The van der Waals surface area contributed by atoms with Gasteiger partial charge in [0.05, 0.1) is 18.1 Å². The molecule has 1 aromatic carbocycles. The third kappa shape index (κ3) is 8.88. The monoisotopic (exact) mass is 548 g/mol. The van der Waals surface area contributed by atoms with Gasteiger partial charge in [-0.2, -0.15) is 5.26 Å². The number of nitriles is 1. The third-order valence-electron chi connectivity index (χ3n) is 7.83. The van der Waals surface area contributed by atoms with Crippen molar-refractivity contribution >= 4 is 19.1 Å². The molecule has 3 rings (SSSR count). The summed E-state index contributed by atoms with van der Waals surface area (Å²) in [6, 6.07) is 7.19. The van der Waals surface area contributed by atoms with Crippen LogP contribution in [0.1, 0.15) is 57.9 Å².